The number of hydrogen-bond acceptors (Lipinski definition) is 3. The Bertz CT molecular complexity index is 454. The topological polar surface area (TPSA) is 47.7 Å². The molecule has 0 atom stereocenters. The van der Waals surface area contributed by atoms with Crippen molar-refractivity contribution in [2.24, 2.45) is 7.05 Å². The zero-order valence-electron chi connectivity index (χ0n) is 9.23. The number of hydrogen-bond donors (Lipinski definition) is 1. The maximum atomic E-state index is 4.31. The minimum atomic E-state index is 0.801. The molecule has 0 radical (unpaired) electrons. The zero-order chi connectivity index (χ0) is 10.8. The Morgan fingerprint density at radius 3 is 2.87 bits per heavy atom. The van der Waals surface area contributed by atoms with Crippen molar-refractivity contribution in [2.75, 3.05) is 12.4 Å². The molecule has 0 aliphatic heterocycles. The third kappa shape index (κ3) is 1.86. The van der Waals surface area contributed by atoms with E-state index in [1.54, 1.807) is 6.20 Å². The molecule has 1 N–H and O–H groups in total. The van der Waals surface area contributed by atoms with Gasteiger partial charge in [0.15, 0.2) is 0 Å². The molecule has 0 aromatic carbocycles. The van der Waals surface area contributed by atoms with Crippen molar-refractivity contribution in [3.05, 3.63) is 29.8 Å². The molecule has 0 aliphatic rings. The largest absolute Gasteiger partial charge is 0.359 e. The highest BCUT2D eigenvalue weighted by Gasteiger charge is 2.06. The second-order valence-corrected chi connectivity index (χ2v) is 3.54. The van der Waals surface area contributed by atoms with Crippen LogP contribution in [0.3, 0.4) is 0 Å². The van der Waals surface area contributed by atoms with Crippen molar-refractivity contribution >= 4 is 5.95 Å². The molecule has 0 saturated heterocycles. The molecule has 0 bridgehead atoms. The molecule has 2 rings (SSSR count). The summed E-state index contributed by atoms with van der Waals surface area (Å²) in [5.41, 5.74) is 2.28. The van der Waals surface area contributed by atoms with Gasteiger partial charge in [-0.25, -0.2) is 4.98 Å². The lowest BCUT2D eigenvalue weighted by molar-refractivity contribution is 0.755. The fourth-order valence-corrected chi connectivity index (χ4v) is 1.65. The third-order valence-electron chi connectivity index (χ3n) is 2.39. The first-order valence-corrected chi connectivity index (χ1v) is 4.88. The molecule has 5 nitrogen and oxygen atoms in total. The Labute approximate surface area is 88.7 Å². The SMILES string of the molecule is CNc1nccn1Cc1cn(C)nc1C. The number of nitrogens with zero attached hydrogens (tertiary/aromatic N) is 4. The van der Waals surface area contributed by atoms with Crippen LogP contribution in [0, 0.1) is 6.92 Å². The van der Waals surface area contributed by atoms with Gasteiger partial charge in [0, 0.05) is 38.2 Å². The first-order valence-electron chi connectivity index (χ1n) is 4.88. The molecule has 0 aliphatic carbocycles. The van der Waals surface area contributed by atoms with Crippen LogP contribution in [0.15, 0.2) is 18.6 Å². The maximum absolute atomic E-state index is 4.31. The molecule has 2 heterocycles. The van der Waals surface area contributed by atoms with E-state index in [1.807, 2.05) is 38.1 Å². The van der Waals surface area contributed by atoms with Crippen LogP contribution >= 0.6 is 0 Å². The van der Waals surface area contributed by atoms with E-state index >= 15 is 0 Å². The second kappa shape index (κ2) is 3.76. The Balaban J connectivity index is 2.25. The van der Waals surface area contributed by atoms with Crippen molar-refractivity contribution < 1.29 is 0 Å². The van der Waals surface area contributed by atoms with E-state index in [2.05, 4.69) is 20.0 Å². The van der Waals surface area contributed by atoms with Gasteiger partial charge in [-0.3, -0.25) is 4.68 Å². The summed E-state index contributed by atoms with van der Waals surface area (Å²) in [5, 5.41) is 7.36. The number of imidazole rings is 1. The van der Waals surface area contributed by atoms with E-state index in [1.165, 1.54) is 5.56 Å². The molecule has 0 amide bonds. The van der Waals surface area contributed by atoms with Crippen LogP contribution in [0.5, 0.6) is 0 Å². The maximum Gasteiger partial charge on any atom is 0.202 e. The predicted molar refractivity (Wildman–Crippen MR) is 58.8 cm³/mol. The lowest BCUT2D eigenvalue weighted by Crippen LogP contribution is -2.04. The van der Waals surface area contributed by atoms with Gasteiger partial charge < -0.3 is 9.88 Å². The average Bonchev–Trinajstić information content (AvgIpc) is 2.74. The van der Waals surface area contributed by atoms with E-state index in [9.17, 15) is 0 Å². The highest BCUT2D eigenvalue weighted by molar-refractivity contribution is 5.27. The molecule has 80 valence electrons. The minimum absolute atomic E-state index is 0.801. The van der Waals surface area contributed by atoms with Gasteiger partial charge in [0.2, 0.25) is 5.95 Å². The van der Waals surface area contributed by atoms with Crippen LogP contribution in [0.25, 0.3) is 0 Å². The van der Waals surface area contributed by atoms with Gasteiger partial charge in [0.1, 0.15) is 0 Å². The quantitative estimate of drug-likeness (QED) is 0.813. The molecule has 2 aromatic rings. The van der Waals surface area contributed by atoms with Gasteiger partial charge in [0.25, 0.3) is 0 Å². The van der Waals surface area contributed by atoms with E-state index in [0.717, 1.165) is 18.2 Å². The summed E-state index contributed by atoms with van der Waals surface area (Å²) in [5.74, 6) is 0.873. The van der Waals surface area contributed by atoms with E-state index < -0.39 is 0 Å². The monoisotopic (exact) mass is 205 g/mol. The summed E-state index contributed by atoms with van der Waals surface area (Å²) in [6.45, 7) is 2.82. The minimum Gasteiger partial charge on any atom is -0.359 e. The normalized spacial score (nSPS) is 10.6. The highest BCUT2D eigenvalue weighted by atomic mass is 15.3. The number of anilines is 1. The van der Waals surface area contributed by atoms with E-state index in [0.29, 0.717) is 0 Å². The van der Waals surface area contributed by atoms with Crippen molar-refractivity contribution in [3.8, 4) is 0 Å². The molecule has 0 spiro atoms. The predicted octanol–water partition coefficient (Wildman–Crippen LogP) is 1.02. The standard InChI is InChI=1S/C10H15N5/c1-8-9(6-14(3)13-8)7-15-5-4-12-10(15)11-2/h4-6H,7H2,1-3H3,(H,11,12). The number of nitrogens with one attached hydrogen (secondary N) is 1. The molecule has 2 aromatic heterocycles. The second-order valence-electron chi connectivity index (χ2n) is 3.54. The Kier molecular flexibility index (Phi) is 2.45. The van der Waals surface area contributed by atoms with Gasteiger partial charge in [-0.05, 0) is 6.92 Å². The first kappa shape index (κ1) is 9.76. The fourth-order valence-electron chi connectivity index (χ4n) is 1.65. The molecular weight excluding hydrogens is 190 g/mol. The van der Waals surface area contributed by atoms with Crippen molar-refractivity contribution in [3.63, 3.8) is 0 Å². The summed E-state index contributed by atoms with van der Waals surface area (Å²) >= 11 is 0. The number of aromatic nitrogens is 4. The molecule has 0 fully saturated rings. The Morgan fingerprint density at radius 2 is 2.27 bits per heavy atom. The molecule has 0 unspecified atom stereocenters. The van der Waals surface area contributed by atoms with Crippen LogP contribution in [-0.4, -0.2) is 26.4 Å². The van der Waals surface area contributed by atoms with Crippen molar-refractivity contribution in [1.29, 1.82) is 0 Å². The van der Waals surface area contributed by atoms with Crippen molar-refractivity contribution in [2.45, 2.75) is 13.5 Å². The van der Waals surface area contributed by atoms with Crippen LogP contribution in [-0.2, 0) is 13.6 Å². The Hall–Kier alpha value is -1.78. The van der Waals surface area contributed by atoms with Crippen LogP contribution in [0.2, 0.25) is 0 Å². The van der Waals surface area contributed by atoms with E-state index in [-0.39, 0.29) is 0 Å². The van der Waals surface area contributed by atoms with Crippen molar-refractivity contribution in [1.82, 2.24) is 19.3 Å². The first-order chi connectivity index (χ1) is 7.20. The molecule has 0 saturated carbocycles. The summed E-state index contributed by atoms with van der Waals surface area (Å²) in [6, 6.07) is 0. The average molecular weight is 205 g/mol. The molecule has 15 heavy (non-hydrogen) atoms. The summed E-state index contributed by atoms with van der Waals surface area (Å²) in [4.78, 5) is 4.19. The molecule has 5 heteroatoms. The van der Waals surface area contributed by atoms with Crippen LogP contribution in [0.4, 0.5) is 5.95 Å². The lowest BCUT2D eigenvalue weighted by atomic mass is 10.2. The summed E-state index contributed by atoms with van der Waals surface area (Å²) in [7, 11) is 3.80. The highest BCUT2D eigenvalue weighted by Crippen LogP contribution is 2.11. The van der Waals surface area contributed by atoms with Gasteiger partial charge in [0.05, 0.1) is 12.2 Å². The van der Waals surface area contributed by atoms with Gasteiger partial charge in [-0.15, -0.1) is 0 Å². The molecular formula is C10H15N5. The van der Waals surface area contributed by atoms with Crippen LogP contribution in [0.1, 0.15) is 11.3 Å². The zero-order valence-corrected chi connectivity index (χ0v) is 9.23. The number of rotatable bonds is 3. The van der Waals surface area contributed by atoms with Crippen LogP contribution < -0.4 is 5.32 Å². The third-order valence-corrected chi connectivity index (χ3v) is 2.39. The fraction of sp³-hybridized carbons (Fsp3) is 0.400. The van der Waals surface area contributed by atoms with Gasteiger partial charge in [-0.1, -0.05) is 0 Å². The number of aryl methyl sites for hydroxylation is 2. The lowest BCUT2D eigenvalue weighted by Gasteiger charge is -2.05. The Morgan fingerprint density at radius 1 is 1.47 bits per heavy atom. The van der Waals surface area contributed by atoms with Gasteiger partial charge >= 0.3 is 0 Å². The summed E-state index contributed by atoms with van der Waals surface area (Å²) < 4.78 is 3.89. The summed E-state index contributed by atoms with van der Waals surface area (Å²) in [6.07, 6.45) is 5.78. The van der Waals surface area contributed by atoms with E-state index in [4.69, 9.17) is 0 Å². The van der Waals surface area contributed by atoms with Gasteiger partial charge in [-0.2, -0.15) is 5.10 Å². The smallest absolute Gasteiger partial charge is 0.202 e.